The second-order valence-electron chi connectivity index (χ2n) is 16.9. The molecule has 1 aromatic rings. The molecule has 0 spiro atoms. The van der Waals surface area contributed by atoms with Gasteiger partial charge in [0.15, 0.2) is 5.76 Å². The van der Waals surface area contributed by atoms with Gasteiger partial charge in [-0.2, -0.15) is 0 Å². The van der Waals surface area contributed by atoms with Gasteiger partial charge < -0.3 is 14.6 Å². The molecule has 0 bridgehead atoms. The molecule has 6 rings (SSSR count). The summed E-state index contributed by atoms with van der Waals surface area (Å²) in [5.41, 5.74) is 5.43. The van der Waals surface area contributed by atoms with Crippen molar-refractivity contribution in [3.8, 4) is 0 Å². The predicted octanol–water partition coefficient (Wildman–Crippen LogP) is 9.50. The van der Waals surface area contributed by atoms with Gasteiger partial charge in [0, 0.05) is 17.1 Å². The van der Waals surface area contributed by atoms with Crippen LogP contribution < -0.4 is 0 Å². The monoisotopic (exact) mass is 666 g/mol. The Morgan fingerprint density at radius 3 is 2.27 bits per heavy atom. The van der Waals surface area contributed by atoms with Crippen molar-refractivity contribution in [2.75, 3.05) is 13.2 Å². The summed E-state index contributed by atoms with van der Waals surface area (Å²) in [6, 6.07) is 7.93. The van der Waals surface area contributed by atoms with E-state index in [1.165, 1.54) is 17.2 Å². The number of fused-ring (bicyclic) bond motifs is 7. The van der Waals surface area contributed by atoms with Crippen molar-refractivity contribution in [3.05, 3.63) is 87.7 Å². The normalized spacial score (nSPS) is 35.3. The van der Waals surface area contributed by atoms with Crippen LogP contribution >= 0.6 is 0 Å². The molecule has 0 amide bonds. The molecule has 3 fully saturated rings. The number of rotatable bonds is 8. The van der Waals surface area contributed by atoms with E-state index in [-0.39, 0.29) is 51.7 Å². The van der Waals surface area contributed by atoms with E-state index in [1.54, 1.807) is 12.2 Å². The van der Waals surface area contributed by atoms with E-state index in [4.69, 9.17) is 9.47 Å². The first-order chi connectivity index (χ1) is 23.1. The quantitative estimate of drug-likeness (QED) is 0.169. The maximum atomic E-state index is 13.7. The van der Waals surface area contributed by atoms with E-state index in [0.29, 0.717) is 30.9 Å². The zero-order valence-electron chi connectivity index (χ0n) is 30.5. The van der Waals surface area contributed by atoms with Crippen LogP contribution in [0.25, 0.3) is 6.08 Å². The largest absolute Gasteiger partial charge is 0.504 e. The Morgan fingerprint density at radius 1 is 0.878 bits per heavy atom. The number of aliphatic hydroxyl groups is 1. The van der Waals surface area contributed by atoms with Crippen LogP contribution in [-0.2, 0) is 23.9 Å². The maximum Gasteiger partial charge on any atom is 0.330 e. The zero-order chi connectivity index (χ0) is 35.4. The first kappa shape index (κ1) is 35.2. The molecule has 6 heteroatoms. The molecule has 6 atom stereocenters. The van der Waals surface area contributed by atoms with E-state index in [1.807, 2.05) is 38.1 Å². The number of esters is 2. The molecular weight excluding hydrogens is 612 g/mol. The third kappa shape index (κ3) is 5.87. The minimum Gasteiger partial charge on any atom is -0.504 e. The van der Waals surface area contributed by atoms with Gasteiger partial charge in [-0.3, -0.25) is 9.59 Å². The number of hydrogen-bond donors (Lipinski definition) is 1. The van der Waals surface area contributed by atoms with Gasteiger partial charge in [0.25, 0.3) is 0 Å². The number of aryl methyl sites for hydroxylation is 1. The highest BCUT2D eigenvalue weighted by molar-refractivity contribution is 6.06. The molecule has 1 N–H and O–H groups in total. The van der Waals surface area contributed by atoms with Crippen molar-refractivity contribution in [1.29, 1.82) is 0 Å². The molecular formula is C43H54O6. The molecule has 5 aliphatic rings. The van der Waals surface area contributed by atoms with Gasteiger partial charge in [-0.25, -0.2) is 4.79 Å². The van der Waals surface area contributed by atoms with Crippen LogP contribution in [0.3, 0.4) is 0 Å². The Bertz CT molecular complexity index is 1700. The number of ketones is 1. The van der Waals surface area contributed by atoms with E-state index < -0.39 is 5.41 Å². The van der Waals surface area contributed by atoms with Crippen molar-refractivity contribution in [3.63, 3.8) is 0 Å². The average molecular weight is 667 g/mol. The van der Waals surface area contributed by atoms with E-state index in [9.17, 15) is 19.5 Å². The van der Waals surface area contributed by atoms with Crippen LogP contribution in [0.15, 0.2) is 76.6 Å². The third-order valence-electron chi connectivity index (χ3n) is 13.9. The smallest absolute Gasteiger partial charge is 0.330 e. The molecule has 1 aromatic carbocycles. The number of carbonyl (C=O) groups excluding carboxylic acids is 3. The lowest BCUT2D eigenvalue weighted by atomic mass is 9.34. The Balaban J connectivity index is 1.09. The first-order valence-corrected chi connectivity index (χ1v) is 18.3. The fourth-order valence-electron chi connectivity index (χ4n) is 10.2. The SMILES string of the molecule is CC1=C(O)C(=O)C=C2C1=CC=C1[C@@]2(C)CC[C@@]2(C)[C@@H]3C[C@](C)(C(=O)OCCCCOC(=O)/C=C/c4ccc(C)cc4)CC[C@]3(C)CC[C@]12C. The van der Waals surface area contributed by atoms with Crippen LogP contribution in [0.5, 0.6) is 0 Å². The highest BCUT2D eigenvalue weighted by Crippen LogP contribution is 2.75. The minimum absolute atomic E-state index is 0.0251. The summed E-state index contributed by atoms with van der Waals surface area (Å²) in [6.45, 7) is 16.2. The van der Waals surface area contributed by atoms with E-state index in [0.717, 1.165) is 61.7 Å². The molecule has 0 radical (unpaired) electrons. The van der Waals surface area contributed by atoms with Crippen molar-refractivity contribution in [2.45, 2.75) is 106 Å². The number of hydrogen-bond acceptors (Lipinski definition) is 6. The molecule has 0 unspecified atom stereocenters. The summed E-state index contributed by atoms with van der Waals surface area (Å²) in [6.07, 6.45) is 17.3. The third-order valence-corrected chi connectivity index (χ3v) is 13.9. The summed E-state index contributed by atoms with van der Waals surface area (Å²) in [5, 5.41) is 10.4. The fraction of sp³-hybridized carbons (Fsp3) is 0.558. The summed E-state index contributed by atoms with van der Waals surface area (Å²) < 4.78 is 11.3. The van der Waals surface area contributed by atoms with Gasteiger partial charge in [0.1, 0.15) is 0 Å². The lowest BCUT2D eigenvalue weighted by Crippen LogP contribution is -2.62. The van der Waals surface area contributed by atoms with Crippen molar-refractivity contribution < 1.29 is 29.0 Å². The summed E-state index contributed by atoms with van der Waals surface area (Å²) >= 11 is 0. The van der Waals surface area contributed by atoms with Crippen LogP contribution in [0, 0.1) is 39.9 Å². The molecule has 262 valence electrons. The predicted molar refractivity (Wildman–Crippen MR) is 192 cm³/mol. The second-order valence-corrected chi connectivity index (χ2v) is 16.9. The number of benzene rings is 1. The van der Waals surface area contributed by atoms with Gasteiger partial charge in [0.2, 0.25) is 5.78 Å². The van der Waals surface area contributed by atoms with Crippen LogP contribution in [0.4, 0.5) is 0 Å². The number of unbranched alkanes of at least 4 members (excludes halogenated alkanes) is 1. The maximum absolute atomic E-state index is 13.7. The molecule has 0 heterocycles. The van der Waals surface area contributed by atoms with Gasteiger partial charge in [-0.05, 0) is 130 Å². The van der Waals surface area contributed by atoms with Gasteiger partial charge in [-0.15, -0.1) is 0 Å². The van der Waals surface area contributed by atoms with Gasteiger partial charge in [-0.1, -0.05) is 75.2 Å². The zero-order valence-corrected chi connectivity index (χ0v) is 30.5. The fourth-order valence-corrected chi connectivity index (χ4v) is 10.2. The van der Waals surface area contributed by atoms with Crippen LogP contribution in [0.1, 0.15) is 110 Å². The number of ether oxygens (including phenoxy) is 2. The molecule has 0 saturated heterocycles. The van der Waals surface area contributed by atoms with Gasteiger partial charge in [0.05, 0.1) is 18.6 Å². The topological polar surface area (TPSA) is 89.9 Å². The number of allylic oxidation sites excluding steroid dienone is 7. The minimum atomic E-state index is -0.550. The second kappa shape index (κ2) is 12.6. The molecule has 0 aromatic heterocycles. The molecule has 6 nitrogen and oxygen atoms in total. The molecule has 5 aliphatic carbocycles. The Labute approximate surface area is 292 Å². The standard InChI is InChI=1S/C43H54O6/c1-28-10-12-30(13-11-28)14-17-36(45)48-24-8-9-25-49-38(47)40(4)19-18-39(3)20-22-42(6)34-16-15-31-29(2)37(46)33(44)26-32(31)41(34,5)21-23-43(42,7)35(39)27-40/h10-17,26,35,46H,8-9,18-25,27H2,1-7H3/b17-14+/t35-,39-,40-,41+,42-,43+/m1/s1. The van der Waals surface area contributed by atoms with E-state index in [2.05, 4.69) is 46.8 Å². The summed E-state index contributed by atoms with van der Waals surface area (Å²) in [5.74, 6) is -0.575. The first-order valence-electron chi connectivity index (χ1n) is 18.3. The lowest BCUT2D eigenvalue weighted by molar-refractivity contribution is -0.182. The van der Waals surface area contributed by atoms with Crippen molar-refractivity contribution >= 4 is 23.8 Å². The Kier molecular flexibility index (Phi) is 9.03. The molecule has 3 saturated carbocycles. The number of aliphatic hydroxyl groups excluding tert-OH is 1. The van der Waals surface area contributed by atoms with Crippen molar-refractivity contribution in [2.24, 2.45) is 33.0 Å². The lowest BCUT2D eigenvalue weighted by Gasteiger charge is -2.70. The van der Waals surface area contributed by atoms with Crippen LogP contribution in [-0.4, -0.2) is 36.0 Å². The van der Waals surface area contributed by atoms with Crippen molar-refractivity contribution in [1.82, 2.24) is 0 Å². The van der Waals surface area contributed by atoms with Crippen LogP contribution in [0.2, 0.25) is 0 Å². The Hall–Kier alpha value is -3.67. The molecule has 0 aliphatic heterocycles. The van der Waals surface area contributed by atoms with E-state index >= 15 is 0 Å². The van der Waals surface area contributed by atoms with Gasteiger partial charge >= 0.3 is 11.9 Å². The summed E-state index contributed by atoms with van der Waals surface area (Å²) in [4.78, 5) is 38.7. The average Bonchev–Trinajstić information content (AvgIpc) is 3.07. The number of carbonyl (C=O) groups is 3. The summed E-state index contributed by atoms with van der Waals surface area (Å²) in [7, 11) is 0. The molecule has 49 heavy (non-hydrogen) atoms. The Morgan fingerprint density at radius 2 is 1.55 bits per heavy atom. The highest BCUT2D eigenvalue weighted by Gasteiger charge is 2.67. The highest BCUT2D eigenvalue weighted by atomic mass is 16.5.